The predicted octanol–water partition coefficient (Wildman–Crippen LogP) is 3.18. The first-order valence-corrected chi connectivity index (χ1v) is 6.79. The Bertz CT molecular complexity index is 718. The molecule has 0 saturated heterocycles. The molecular formula is C17H15F2NO3. The molecule has 2 aliphatic rings. The van der Waals surface area contributed by atoms with Gasteiger partial charge in [0.15, 0.2) is 0 Å². The van der Waals surface area contributed by atoms with E-state index in [1.165, 1.54) is 12.1 Å². The summed E-state index contributed by atoms with van der Waals surface area (Å²) in [5.41, 5.74) is 8.30. The van der Waals surface area contributed by atoms with Gasteiger partial charge in [0.1, 0.15) is 5.75 Å². The second kappa shape index (κ2) is 7.51. The largest absolute Gasteiger partial charge is 0.478 e. The summed E-state index contributed by atoms with van der Waals surface area (Å²) in [6, 6.07) is 6.33. The average Bonchev–Trinajstić information content (AvgIpc) is 3.09. The summed E-state index contributed by atoms with van der Waals surface area (Å²) in [5, 5.41) is 8.69. The molecule has 0 fully saturated rings. The van der Waals surface area contributed by atoms with Gasteiger partial charge in [-0.1, -0.05) is 36.4 Å². The highest BCUT2D eigenvalue weighted by molar-refractivity contribution is 5.96. The van der Waals surface area contributed by atoms with E-state index < -0.39 is 12.6 Å². The summed E-state index contributed by atoms with van der Waals surface area (Å²) in [7, 11) is 0. The number of alkyl halides is 2. The van der Waals surface area contributed by atoms with Crippen LogP contribution in [0.4, 0.5) is 8.78 Å². The van der Waals surface area contributed by atoms with Crippen LogP contribution in [0, 0.1) is 0 Å². The summed E-state index contributed by atoms with van der Waals surface area (Å²) in [6.07, 6.45) is 9.03. The van der Waals surface area contributed by atoms with Gasteiger partial charge in [-0.3, -0.25) is 0 Å². The highest BCUT2D eigenvalue weighted by atomic mass is 19.3. The molecule has 2 aliphatic carbocycles. The van der Waals surface area contributed by atoms with E-state index >= 15 is 0 Å². The third-order valence-electron chi connectivity index (χ3n) is 3.16. The molecular weight excluding hydrogens is 304 g/mol. The molecule has 0 bridgehead atoms. The molecule has 6 heteroatoms. The summed E-state index contributed by atoms with van der Waals surface area (Å²) < 4.78 is 27.6. The zero-order valence-electron chi connectivity index (χ0n) is 12.1. The van der Waals surface area contributed by atoms with Gasteiger partial charge >= 0.3 is 12.6 Å². The third kappa shape index (κ3) is 4.37. The lowest BCUT2D eigenvalue weighted by Crippen LogP contribution is -2.03. The van der Waals surface area contributed by atoms with Crippen LogP contribution in [0.25, 0.3) is 0 Å². The number of carboxylic acids is 1. The van der Waals surface area contributed by atoms with E-state index in [0.29, 0.717) is 12.1 Å². The number of carbonyl (C=O) groups is 1. The number of hydrogen-bond acceptors (Lipinski definition) is 3. The number of ether oxygens (including phenoxy) is 1. The average molecular weight is 319 g/mol. The van der Waals surface area contributed by atoms with Crippen LogP contribution in [0.15, 0.2) is 71.4 Å². The number of fused-ring (bicyclic) bond motifs is 1. The zero-order valence-corrected chi connectivity index (χ0v) is 12.1. The Morgan fingerprint density at radius 1 is 1.26 bits per heavy atom. The van der Waals surface area contributed by atoms with Crippen molar-refractivity contribution in [3.63, 3.8) is 0 Å². The molecule has 0 aromatic heterocycles. The second-order valence-corrected chi connectivity index (χ2v) is 4.68. The van der Waals surface area contributed by atoms with Gasteiger partial charge < -0.3 is 15.6 Å². The molecule has 4 nitrogen and oxygen atoms in total. The standard InChI is InChI=1S/C9H6O2.C8H9F2NO/c10-9(11)8-5-4-6-2-1-3-7(6)8;9-8(10)12-7-3-1-2-6(4-7)5-11/h1-5H,(H,10,11);1-4,8H,5,11H2. The molecule has 0 unspecified atom stereocenters. The van der Waals surface area contributed by atoms with Crippen LogP contribution < -0.4 is 10.5 Å². The van der Waals surface area contributed by atoms with Crippen molar-refractivity contribution in [3.05, 3.63) is 76.9 Å². The van der Waals surface area contributed by atoms with Crippen LogP contribution in [0.2, 0.25) is 0 Å². The lowest BCUT2D eigenvalue weighted by molar-refractivity contribution is -0.132. The molecule has 0 saturated carbocycles. The Balaban J connectivity index is 0.000000167. The fraction of sp³-hybridized carbons (Fsp3) is 0.118. The van der Waals surface area contributed by atoms with Crippen molar-refractivity contribution in [2.24, 2.45) is 5.73 Å². The van der Waals surface area contributed by atoms with E-state index in [1.54, 1.807) is 18.2 Å². The monoisotopic (exact) mass is 319 g/mol. The number of aliphatic carboxylic acids is 1. The predicted molar refractivity (Wildman–Crippen MR) is 82.0 cm³/mol. The fourth-order valence-corrected chi connectivity index (χ4v) is 2.12. The van der Waals surface area contributed by atoms with Gasteiger partial charge in [0.25, 0.3) is 0 Å². The van der Waals surface area contributed by atoms with Crippen LogP contribution in [-0.4, -0.2) is 17.7 Å². The normalized spacial score (nSPS) is 14.5. The number of carboxylic acid groups (broad SMARTS) is 1. The van der Waals surface area contributed by atoms with Gasteiger partial charge in [-0.15, -0.1) is 0 Å². The Morgan fingerprint density at radius 3 is 2.70 bits per heavy atom. The summed E-state index contributed by atoms with van der Waals surface area (Å²) in [4.78, 5) is 10.6. The Labute approximate surface area is 131 Å². The maximum atomic E-state index is 11.7. The Hall–Kier alpha value is -2.73. The Kier molecular flexibility index (Phi) is 5.43. The molecule has 1 aromatic carbocycles. The quantitative estimate of drug-likeness (QED) is 0.894. The maximum Gasteiger partial charge on any atom is 0.387 e. The minimum absolute atomic E-state index is 0.146. The molecule has 0 aliphatic heterocycles. The first-order chi connectivity index (χ1) is 11.0. The number of benzene rings is 1. The first kappa shape index (κ1) is 16.6. The third-order valence-corrected chi connectivity index (χ3v) is 3.16. The van der Waals surface area contributed by atoms with Gasteiger partial charge in [0.05, 0.1) is 5.57 Å². The number of halogens is 2. The van der Waals surface area contributed by atoms with Crippen LogP contribution >= 0.6 is 0 Å². The molecule has 0 atom stereocenters. The second-order valence-electron chi connectivity index (χ2n) is 4.68. The molecule has 1 aromatic rings. The van der Waals surface area contributed by atoms with E-state index in [0.717, 1.165) is 16.7 Å². The summed E-state index contributed by atoms with van der Waals surface area (Å²) in [6.45, 7) is -2.46. The smallest absolute Gasteiger partial charge is 0.387 e. The molecule has 0 spiro atoms. The van der Waals surface area contributed by atoms with Gasteiger partial charge in [-0.25, -0.2) is 4.79 Å². The van der Waals surface area contributed by atoms with E-state index in [4.69, 9.17) is 10.8 Å². The van der Waals surface area contributed by atoms with Crippen molar-refractivity contribution in [2.45, 2.75) is 13.2 Å². The number of rotatable bonds is 4. The SMILES string of the molecule is NCc1cccc(OC(F)F)c1.O=C(O)C1=CC=C2C=CC=C21. The topological polar surface area (TPSA) is 72.5 Å². The van der Waals surface area contributed by atoms with Crippen molar-refractivity contribution in [1.82, 2.24) is 0 Å². The van der Waals surface area contributed by atoms with Gasteiger partial charge in [0.2, 0.25) is 0 Å². The molecule has 0 amide bonds. The lowest BCUT2D eigenvalue weighted by Gasteiger charge is -2.04. The van der Waals surface area contributed by atoms with Gasteiger partial charge in [-0.05, 0) is 34.9 Å². The first-order valence-electron chi connectivity index (χ1n) is 6.79. The van der Waals surface area contributed by atoms with E-state index in [2.05, 4.69) is 4.74 Å². The van der Waals surface area contributed by atoms with Crippen molar-refractivity contribution in [3.8, 4) is 5.75 Å². The van der Waals surface area contributed by atoms with Crippen LogP contribution in [0.3, 0.4) is 0 Å². The minimum Gasteiger partial charge on any atom is -0.478 e. The van der Waals surface area contributed by atoms with Crippen molar-refractivity contribution < 1.29 is 23.4 Å². The van der Waals surface area contributed by atoms with Crippen molar-refractivity contribution in [1.29, 1.82) is 0 Å². The van der Waals surface area contributed by atoms with Gasteiger partial charge in [0, 0.05) is 6.54 Å². The lowest BCUT2D eigenvalue weighted by atomic mass is 10.1. The van der Waals surface area contributed by atoms with E-state index in [9.17, 15) is 13.6 Å². The summed E-state index contributed by atoms with van der Waals surface area (Å²) in [5.74, 6) is -0.709. The van der Waals surface area contributed by atoms with Crippen LogP contribution in [0.1, 0.15) is 5.56 Å². The zero-order chi connectivity index (χ0) is 16.8. The number of allylic oxidation sites excluding steroid dienone is 6. The molecule has 0 radical (unpaired) electrons. The van der Waals surface area contributed by atoms with E-state index in [-0.39, 0.29) is 5.75 Å². The van der Waals surface area contributed by atoms with Crippen LogP contribution in [0.5, 0.6) is 5.75 Å². The van der Waals surface area contributed by atoms with Gasteiger partial charge in [-0.2, -0.15) is 8.78 Å². The molecule has 120 valence electrons. The minimum atomic E-state index is -2.78. The molecule has 3 rings (SSSR count). The van der Waals surface area contributed by atoms with Crippen LogP contribution in [-0.2, 0) is 11.3 Å². The highest BCUT2D eigenvalue weighted by Gasteiger charge is 2.20. The highest BCUT2D eigenvalue weighted by Crippen LogP contribution is 2.30. The van der Waals surface area contributed by atoms with Crippen molar-refractivity contribution in [2.75, 3.05) is 0 Å². The molecule has 23 heavy (non-hydrogen) atoms. The maximum absolute atomic E-state index is 11.7. The van der Waals surface area contributed by atoms with Crippen molar-refractivity contribution >= 4 is 5.97 Å². The summed E-state index contributed by atoms with van der Waals surface area (Å²) >= 11 is 0. The fourth-order valence-electron chi connectivity index (χ4n) is 2.12. The molecule has 3 N–H and O–H groups in total. The number of hydrogen-bond donors (Lipinski definition) is 2. The van der Waals surface area contributed by atoms with E-state index in [1.807, 2.05) is 24.3 Å². The number of nitrogens with two attached hydrogens (primary N) is 1. The molecule has 0 heterocycles. The Morgan fingerprint density at radius 2 is 2.04 bits per heavy atom.